The predicted octanol–water partition coefficient (Wildman–Crippen LogP) is 0.470. The summed E-state index contributed by atoms with van der Waals surface area (Å²) in [7, 11) is 1.87. The van der Waals surface area contributed by atoms with Crippen molar-refractivity contribution in [3.8, 4) is 0 Å². The lowest BCUT2D eigenvalue weighted by atomic mass is 10.1. The van der Waals surface area contributed by atoms with Crippen LogP contribution in [0.2, 0.25) is 0 Å². The molecule has 0 aliphatic rings. The van der Waals surface area contributed by atoms with Crippen molar-refractivity contribution in [1.29, 1.82) is 0 Å². The summed E-state index contributed by atoms with van der Waals surface area (Å²) in [5.74, 6) is 0.787. The van der Waals surface area contributed by atoms with Gasteiger partial charge in [-0.2, -0.15) is 5.10 Å². The maximum Gasteiger partial charge on any atom is 0.154 e. The van der Waals surface area contributed by atoms with Crippen molar-refractivity contribution in [2.45, 2.75) is 25.9 Å². The second-order valence-electron chi connectivity index (χ2n) is 3.81. The van der Waals surface area contributed by atoms with E-state index in [4.69, 9.17) is 5.73 Å². The molecule has 6 heteroatoms. The van der Waals surface area contributed by atoms with E-state index in [1.54, 1.807) is 17.2 Å². The largest absolute Gasteiger partial charge is 0.318 e. The van der Waals surface area contributed by atoms with Gasteiger partial charge in [0.25, 0.3) is 0 Å². The number of nitrogens with two attached hydrogens (primary N) is 1. The fraction of sp³-hybridized carbons (Fsp3) is 0.500. The Hall–Kier alpha value is -1.69. The van der Waals surface area contributed by atoms with E-state index < -0.39 is 0 Å². The van der Waals surface area contributed by atoms with E-state index in [0.29, 0.717) is 0 Å². The van der Waals surface area contributed by atoms with Crippen LogP contribution < -0.4 is 5.73 Å². The minimum atomic E-state index is -0.261. The molecule has 0 radical (unpaired) electrons. The fourth-order valence-corrected chi connectivity index (χ4v) is 1.67. The molecule has 0 spiro atoms. The Kier molecular flexibility index (Phi) is 3.00. The molecule has 1 atom stereocenters. The van der Waals surface area contributed by atoms with Crippen molar-refractivity contribution in [3.05, 3.63) is 30.1 Å². The SMILES string of the molecule is CCCn1cnnc1C(N)c1cnn(C)c1. The molecule has 0 amide bonds. The van der Waals surface area contributed by atoms with E-state index in [9.17, 15) is 0 Å². The van der Waals surface area contributed by atoms with Gasteiger partial charge in [-0.1, -0.05) is 6.92 Å². The molecule has 0 fully saturated rings. The number of aromatic nitrogens is 5. The Morgan fingerprint density at radius 2 is 2.31 bits per heavy atom. The highest BCUT2D eigenvalue weighted by molar-refractivity contribution is 5.18. The van der Waals surface area contributed by atoms with Crippen LogP contribution in [0, 0.1) is 0 Å². The molecule has 0 saturated carbocycles. The van der Waals surface area contributed by atoms with Crippen molar-refractivity contribution in [2.75, 3.05) is 0 Å². The molecule has 2 N–H and O–H groups in total. The Labute approximate surface area is 94.1 Å². The van der Waals surface area contributed by atoms with Crippen LogP contribution in [0.3, 0.4) is 0 Å². The third-order valence-electron chi connectivity index (χ3n) is 2.47. The number of aryl methyl sites for hydroxylation is 2. The third kappa shape index (κ3) is 1.96. The van der Waals surface area contributed by atoms with E-state index in [1.807, 2.05) is 17.8 Å². The third-order valence-corrected chi connectivity index (χ3v) is 2.47. The van der Waals surface area contributed by atoms with E-state index in [2.05, 4.69) is 22.2 Å². The summed E-state index contributed by atoms with van der Waals surface area (Å²) in [6, 6.07) is -0.261. The highest BCUT2D eigenvalue weighted by Crippen LogP contribution is 2.16. The van der Waals surface area contributed by atoms with E-state index in [0.717, 1.165) is 24.4 Å². The van der Waals surface area contributed by atoms with Crippen LogP contribution in [0.1, 0.15) is 30.8 Å². The lowest BCUT2D eigenvalue weighted by Crippen LogP contribution is -2.17. The van der Waals surface area contributed by atoms with Crippen molar-refractivity contribution in [1.82, 2.24) is 24.5 Å². The smallest absolute Gasteiger partial charge is 0.154 e. The fourth-order valence-electron chi connectivity index (χ4n) is 1.67. The molecular formula is C10H16N6. The molecule has 0 aliphatic heterocycles. The first-order valence-electron chi connectivity index (χ1n) is 5.34. The van der Waals surface area contributed by atoms with Gasteiger partial charge < -0.3 is 10.3 Å². The lowest BCUT2D eigenvalue weighted by Gasteiger charge is -2.10. The average molecular weight is 220 g/mol. The van der Waals surface area contributed by atoms with Crippen LogP contribution >= 0.6 is 0 Å². The number of rotatable bonds is 4. The summed E-state index contributed by atoms with van der Waals surface area (Å²) < 4.78 is 3.72. The van der Waals surface area contributed by atoms with E-state index in [1.165, 1.54) is 0 Å². The summed E-state index contributed by atoms with van der Waals surface area (Å²) in [4.78, 5) is 0. The topological polar surface area (TPSA) is 74.6 Å². The summed E-state index contributed by atoms with van der Waals surface area (Å²) in [6.07, 6.45) is 6.41. The van der Waals surface area contributed by atoms with Crippen LogP contribution in [-0.2, 0) is 13.6 Å². The van der Waals surface area contributed by atoms with Crippen molar-refractivity contribution in [3.63, 3.8) is 0 Å². The summed E-state index contributed by atoms with van der Waals surface area (Å²) in [6.45, 7) is 3.00. The van der Waals surface area contributed by atoms with E-state index >= 15 is 0 Å². The zero-order valence-electron chi connectivity index (χ0n) is 9.54. The van der Waals surface area contributed by atoms with Crippen LogP contribution in [0.25, 0.3) is 0 Å². The molecule has 2 rings (SSSR count). The van der Waals surface area contributed by atoms with Gasteiger partial charge in [-0.15, -0.1) is 10.2 Å². The van der Waals surface area contributed by atoms with Gasteiger partial charge in [-0.3, -0.25) is 4.68 Å². The Morgan fingerprint density at radius 1 is 1.50 bits per heavy atom. The zero-order valence-corrected chi connectivity index (χ0v) is 9.54. The Bertz CT molecular complexity index is 457. The van der Waals surface area contributed by atoms with Gasteiger partial charge in [-0.05, 0) is 6.42 Å². The Balaban J connectivity index is 2.26. The second kappa shape index (κ2) is 4.44. The molecule has 0 aliphatic carbocycles. The molecule has 0 aromatic carbocycles. The van der Waals surface area contributed by atoms with Crippen LogP contribution in [0.4, 0.5) is 0 Å². The van der Waals surface area contributed by atoms with Crippen LogP contribution in [0.15, 0.2) is 18.7 Å². The Morgan fingerprint density at radius 3 is 2.94 bits per heavy atom. The first kappa shape index (κ1) is 10.8. The normalized spacial score (nSPS) is 12.9. The highest BCUT2D eigenvalue weighted by Gasteiger charge is 2.16. The van der Waals surface area contributed by atoms with Gasteiger partial charge >= 0.3 is 0 Å². The molecule has 2 aromatic heterocycles. The number of nitrogens with zero attached hydrogens (tertiary/aromatic N) is 5. The molecule has 0 saturated heterocycles. The quantitative estimate of drug-likeness (QED) is 0.812. The standard InChI is InChI=1S/C10H16N6/c1-3-4-16-7-12-14-10(16)9(11)8-5-13-15(2)6-8/h5-7,9H,3-4,11H2,1-2H3. The van der Waals surface area contributed by atoms with Gasteiger partial charge in [0.05, 0.1) is 12.2 Å². The monoisotopic (exact) mass is 220 g/mol. The molecule has 2 aromatic rings. The molecular weight excluding hydrogens is 204 g/mol. The molecule has 0 bridgehead atoms. The highest BCUT2D eigenvalue weighted by atomic mass is 15.3. The van der Waals surface area contributed by atoms with Crippen LogP contribution in [0.5, 0.6) is 0 Å². The first-order chi connectivity index (χ1) is 7.72. The maximum atomic E-state index is 6.13. The van der Waals surface area contributed by atoms with E-state index in [-0.39, 0.29) is 6.04 Å². The van der Waals surface area contributed by atoms with Crippen molar-refractivity contribution >= 4 is 0 Å². The molecule has 2 heterocycles. The number of hydrogen-bond donors (Lipinski definition) is 1. The predicted molar refractivity (Wildman–Crippen MR) is 59.6 cm³/mol. The van der Waals surface area contributed by atoms with Crippen molar-refractivity contribution in [2.24, 2.45) is 12.8 Å². The average Bonchev–Trinajstić information content (AvgIpc) is 2.87. The lowest BCUT2D eigenvalue weighted by molar-refractivity contribution is 0.612. The molecule has 86 valence electrons. The molecule has 16 heavy (non-hydrogen) atoms. The maximum absolute atomic E-state index is 6.13. The second-order valence-corrected chi connectivity index (χ2v) is 3.81. The van der Waals surface area contributed by atoms with Crippen LogP contribution in [-0.4, -0.2) is 24.5 Å². The molecule has 1 unspecified atom stereocenters. The summed E-state index contributed by atoms with van der Waals surface area (Å²) in [5.41, 5.74) is 7.08. The minimum Gasteiger partial charge on any atom is -0.318 e. The first-order valence-corrected chi connectivity index (χ1v) is 5.34. The van der Waals surface area contributed by atoms with Gasteiger partial charge in [0.15, 0.2) is 5.82 Å². The van der Waals surface area contributed by atoms with Gasteiger partial charge in [0.1, 0.15) is 6.33 Å². The van der Waals surface area contributed by atoms with Gasteiger partial charge in [0.2, 0.25) is 0 Å². The zero-order chi connectivity index (χ0) is 11.5. The van der Waals surface area contributed by atoms with Crippen molar-refractivity contribution < 1.29 is 0 Å². The summed E-state index contributed by atoms with van der Waals surface area (Å²) in [5, 5.41) is 12.1. The van der Waals surface area contributed by atoms with Gasteiger partial charge in [0, 0.05) is 25.4 Å². The number of hydrogen-bond acceptors (Lipinski definition) is 4. The van der Waals surface area contributed by atoms with Gasteiger partial charge in [-0.25, -0.2) is 0 Å². The minimum absolute atomic E-state index is 0.261. The molecule has 6 nitrogen and oxygen atoms in total. The summed E-state index contributed by atoms with van der Waals surface area (Å²) >= 11 is 0.